The lowest BCUT2D eigenvalue weighted by atomic mass is 10.1. The fourth-order valence-corrected chi connectivity index (χ4v) is 3.47. The molecule has 31 heavy (non-hydrogen) atoms. The summed E-state index contributed by atoms with van der Waals surface area (Å²) in [6, 6.07) is 10.3. The van der Waals surface area contributed by atoms with E-state index < -0.39 is 0 Å². The average molecular weight is 425 g/mol. The maximum Gasteiger partial charge on any atom is 0.260 e. The number of methoxy groups -OCH3 is 2. The Balaban J connectivity index is 1.48. The molecule has 0 radical (unpaired) electrons. The first-order chi connectivity index (χ1) is 15.1. The normalized spacial score (nSPS) is 16.6. The first kappa shape index (κ1) is 20.7. The SMILES string of the molecule is COc1cccc(C=C2Oc3cc(OCC(=O)N4CCOCC4)ccc3C2=O)c1OC. The summed E-state index contributed by atoms with van der Waals surface area (Å²) in [6.45, 7) is 2.11. The number of hydrogen-bond donors (Lipinski definition) is 0. The Bertz CT molecular complexity index is 1020. The number of allylic oxidation sites excluding steroid dienone is 1. The molecule has 0 aromatic heterocycles. The van der Waals surface area contributed by atoms with Gasteiger partial charge in [-0.1, -0.05) is 12.1 Å². The molecular weight excluding hydrogens is 402 g/mol. The standard InChI is InChI=1S/C23H23NO7/c1-27-18-5-3-4-15(23(18)28-2)12-20-22(26)17-7-6-16(13-19(17)31-20)30-14-21(25)24-8-10-29-11-9-24/h3-7,12-13H,8-11,14H2,1-2H3. The number of para-hydroxylation sites is 1. The third-order valence-electron chi connectivity index (χ3n) is 5.09. The van der Waals surface area contributed by atoms with Crippen LogP contribution in [0.4, 0.5) is 0 Å². The fourth-order valence-electron chi connectivity index (χ4n) is 3.47. The largest absolute Gasteiger partial charge is 0.493 e. The Morgan fingerprint density at radius 3 is 2.68 bits per heavy atom. The Labute approximate surface area is 179 Å². The van der Waals surface area contributed by atoms with Gasteiger partial charge in [0.05, 0.1) is 33.0 Å². The maximum atomic E-state index is 12.8. The topological polar surface area (TPSA) is 83.5 Å². The van der Waals surface area contributed by atoms with E-state index in [-0.39, 0.29) is 24.1 Å². The van der Waals surface area contributed by atoms with E-state index in [1.807, 2.05) is 0 Å². The zero-order chi connectivity index (χ0) is 21.8. The molecule has 2 heterocycles. The maximum absolute atomic E-state index is 12.8. The van der Waals surface area contributed by atoms with Crippen LogP contribution in [0.2, 0.25) is 0 Å². The minimum absolute atomic E-state index is 0.0869. The Hall–Kier alpha value is -3.52. The van der Waals surface area contributed by atoms with Gasteiger partial charge in [-0.25, -0.2) is 0 Å². The molecular formula is C23H23NO7. The molecule has 2 aliphatic heterocycles. The van der Waals surface area contributed by atoms with Crippen molar-refractivity contribution in [3.63, 3.8) is 0 Å². The van der Waals surface area contributed by atoms with E-state index in [2.05, 4.69) is 0 Å². The number of benzene rings is 2. The number of ether oxygens (including phenoxy) is 5. The molecule has 2 aliphatic rings. The lowest BCUT2D eigenvalue weighted by Gasteiger charge is -2.26. The molecule has 2 aromatic rings. The van der Waals surface area contributed by atoms with Gasteiger partial charge in [-0.15, -0.1) is 0 Å². The summed E-state index contributed by atoms with van der Waals surface area (Å²) in [4.78, 5) is 26.7. The lowest BCUT2D eigenvalue weighted by molar-refractivity contribution is -0.137. The number of hydrogen-bond acceptors (Lipinski definition) is 7. The van der Waals surface area contributed by atoms with Crippen LogP contribution in [0.15, 0.2) is 42.2 Å². The number of fused-ring (bicyclic) bond motifs is 1. The third-order valence-corrected chi connectivity index (χ3v) is 5.09. The van der Waals surface area contributed by atoms with Crippen molar-refractivity contribution in [2.45, 2.75) is 0 Å². The van der Waals surface area contributed by atoms with Crippen molar-refractivity contribution in [2.24, 2.45) is 0 Å². The minimum Gasteiger partial charge on any atom is -0.493 e. The van der Waals surface area contributed by atoms with Crippen molar-refractivity contribution in [2.75, 3.05) is 47.1 Å². The van der Waals surface area contributed by atoms with Gasteiger partial charge in [0.1, 0.15) is 11.5 Å². The van der Waals surface area contributed by atoms with E-state index in [9.17, 15) is 9.59 Å². The number of Topliss-reactive ketones (excluding diaryl/α,β-unsaturated/α-hetero) is 1. The fraction of sp³-hybridized carbons (Fsp3) is 0.304. The second-order valence-corrected chi connectivity index (χ2v) is 6.96. The molecule has 0 spiro atoms. The molecule has 0 bridgehead atoms. The van der Waals surface area contributed by atoms with Gasteiger partial charge in [-0.3, -0.25) is 9.59 Å². The number of morpholine rings is 1. The molecule has 0 N–H and O–H groups in total. The highest BCUT2D eigenvalue weighted by Crippen LogP contribution is 2.37. The van der Waals surface area contributed by atoms with Crippen LogP contribution in [-0.4, -0.2) is 63.7 Å². The monoisotopic (exact) mass is 425 g/mol. The summed E-state index contributed by atoms with van der Waals surface area (Å²) < 4.78 is 27.4. The second kappa shape index (κ2) is 9.09. The predicted octanol–water partition coefficient (Wildman–Crippen LogP) is 2.56. The minimum atomic E-state index is -0.240. The molecule has 1 fully saturated rings. The van der Waals surface area contributed by atoms with E-state index in [1.54, 1.807) is 54.5 Å². The zero-order valence-electron chi connectivity index (χ0n) is 17.4. The van der Waals surface area contributed by atoms with Crippen LogP contribution >= 0.6 is 0 Å². The summed E-state index contributed by atoms with van der Waals surface area (Å²) in [7, 11) is 3.08. The number of carbonyl (C=O) groups is 2. The van der Waals surface area contributed by atoms with E-state index in [1.165, 1.54) is 7.11 Å². The number of nitrogens with zero attached hydrogens (tertiary/aromatic N) is 1. The number of ketones is 1. The van der Waals surface area contributed by atoms with Crippen molar-refractivity contribution in [1.29, 1.82) is 0 Å². The Morgan fingerprint density at radius 1 is 1.13 bits per heavy atom. The lowest BCUT2D eigenvalue weighted by Crippen LogP contribution is -2.42. The van der Waals surface area contributed by atoms with Crippen LogP contribution in [0.3, 0.4) is 0 Å². The second-order valence-electron chi connectivity index (χ2n) is 6.96. The highest BCUT2D eigenvalue weighted by molar-refractivity contribution is 6.14. The Morgan fingerprint density at radius 2 is 1.94 bits per heavy atom. The van der Waals surface area contributed by atoms with Crippen LogP contribution in [0.1, 0.15) is 15.9 Å². The van der Waals surface area contributed by atoms with Gasteiger partial charge in [0.15, 0.2) is 23.9 Å². The van der Waals surface area contributed by atoms with Crippen LogP contribution in [0, 0.1) is 0 Å². The molecule has 0 aliphatic carbocycles. The number of rotatable bonds is 6. The summed E-state index contributed by atoms with van der Waals surface area (Å²) in [5, 5.41) is 0. The first-order valence-corrected chi connectivity index (χ1v) is 9.88. The van der Waals surface area contributed by atoms with E-state index >= 15 is 0 Å². The highest BCUT2D eigenvalue weighted by Gasteiger charge is 2.28. The summed E-state index contributed by atoms with van der Waals surface area (Å²) in [5.41, 5.74) is 1.09. The number of carbonyl (C=O) groups excluding carboxylic acids is 2. The van der Waals surface area contributed by atoms with Crippen molar-refractivity contribution in [3.05, 3.63) is 53.3 Å². The van der Waals surface area contributed by atoms with Gasteiger partial charge in [0, 0.05) is 24.7 Å². The van der Waals surface area contributed by atoms with Crippen molar-refractivity contribution >= 4 is 17.8 Å². The van der Waals surface area contributed by atoms with Gasteiger partial charge in [-0.05, 0) is 24.3 Å². The van der Waals surface area contributed by atoms with E-state index in [0.29, 0.717) is 60.4 Å². The van der Waals surface area contributed by atoms with Gasteiger partial charge in [0.2, 0.25) is 5.78 Å². The third kappa shape index (κ3) is 4.34. The van der Waals surface area contributed by atoms with Crippen LogP contribution in [0.25, 0.3) is 6.08 Å². The molecule has 0 saturated carbocycles. The molecule has 162 valence electrons. The van der Waals surface area contributed by atoms with Gasteiger partial charge >= 0.3 is 0 Å². The molecule has 1 saturated heterocycles. The summed E-state index contributed by atoms with van der Waals surface area (Å²) in [6.07, 6.45) is 1.62. The van der Waals surface area contributed by atoms with Crippen LogP contribution in [-0.2, 0) is 9.53 Å². The van der Waals surface area contributed by atoms with Gasteiger partial charge in [-0.2, -0.15) is 0 Å². The van der Waals surface area contributed by atoms with Gasteiger partial charge in [0.25, 0.3) is 5.91 Å². The van der Waals surface area contributed by atoms with Crippen molar-refractivity contribution in [1.82, 2.24) is 4.90 Å². The van der Waals surface area contributed by atoms with Crippen molar-refractivity contribution in [3.8, 4) is 23.0 Å². The molecule has 8 heteroatoms. The first-order valence-electron chi connectivity index (χ1n) is 9.88. The van der Waals surface area contributed by atoms with Crippen molar-refractivity contribution < 1.29 is 33.3 Å². The van der Waals surface area contributed by atoms with Crippen LogP contribution in [0.5, 0.6) is 23.0 Å². The predicted molar refractivity (Wildman–Crippen MR) is 112 cm³/mol. The molecule has 8 nitrogen and oxygen atoms in total. The van der Waals surface area contributed by atoms with Crippen LogP contribution < -0.4 is 18.9 Å². The Kier molecular flexibility index (Phi) is 6.08. The average Bonchev–Trinajstić information content (AvgIpc) is 3.12. The van der Waals surface area contributed by atoms with Gasteiger partial charge < -0.3 is 28.6 Å². The van der Waals surface area contributed by atoms with E-state index in [0.717, 1.165) is 0 Å². The molecule has 0 unspecified atom stereocenters. The smallest absolute Gasteiger partial charge is 0.260 e. The zero-order valence-corrected chi connectivity index (χ0v) is 17.4. The highest BCUT2D eigenvalue weighted by atomic mass is 16.5. The molecule has 2 aromatic carbocycles. The molecule has 1 amide bonds. The summed E-state index contributed by atoms with van der Waals surface area (Å²) >= 11 is 0. The molecule has 4 rings (SSSR count). The van der Waals surface area contributed by atoms with E-state index in [4.69, 9.17) is 23.7 Å². The number of amides is 1. The summed E-state index contributed by atoms with van der Waals surface area (Å²) in [5.74, 6) is 1.73. The quantitative estimate of drug-likeness (QED) is 0.658. The molecule has 0 atom stereocenters.